The number of nitrogens with two attached hydrogens (primary N) is 1. The van der Waals surface area contributed by atoms with E-state index in [0.717, 1.165) is 18.6 Å². The Kier molecular flexibility index (Phi) is 8.68. The SMILES string of the molecule is CCc1ccccc1OC(CCN)c1ccccc1.O=P(O)(O)O. The molecule has 5 N–H and O–H groups in total. The molecule has 2 aromatic rings. The van der Waals surface area contributed by atoms with Crippen molar-refractivity contribution in [2.45, 2.75) is 25.9 Å². The summed E-state index contributed by atoms with van der Waals surface area (Å²) >= 11 is 0. The lowest BCUT2D eigenvalue weighted by atomic mass is 10.1. The van der Waals surface area contributed by atoms with Crippen molar-refractivity contribution in [3.63, 3.8) is 0 Å². The molecule has 0 aromatic heterocycles. The van der Waals surface area contributed by atoms with Crippen molar-refractivity contribution in [1.82, 2.24) is 0 Å². The van der Waals surface area contributed by atoms with Crippen LogP contribution in [0.2, 0.25) is 0 Å². The van der Waals surface area contributed by atoms with Crippen LogP contribution >= 0.6 is 7.82 Å². The maximum absolute atomic E-state index is 8.88. The third kappa shape index (κ3) is 8.24. The second-order valence-electron chi connectivity index (χ2n) is 5.07. The standard InChI is InChI=1S/C17H21NO.H3O4P/c1-2-14-8-6-7-11-16(14)19-17(12-13-18)15-9-4-3-5-10-15;1-5(2,3)4/h3-11,17H,2,12-13,18H2,1H3;(H3,1,2,3,4). The van der Waals surface area contributed by atoms with Gasteiger partial charge in [0.15, 0.2) is 0 Å². The molecule has 0 fully saturated rings. The van der Waals surface area contributed by atoms with Gasteiger partial charge in [-0.15, -0.1) is 0 Å². The zero-order valence-electron chi connectivity index (χ0n) is 13.6. The zero-order chi connectivity index (χ0) is 18.0. The van der Waals surface area contributed by atoms with Gasteiger partial charge in [-0.05, 0) is 30.2 Å². The van der Waals surface area contributed by atoms with Gasteiger partial charge in [0.1, 0.15) is 11.9 Å². The fraction of sp³-hybridized carbons (Fsp3) is 0.294. The van der Waals surface area contributed by atoms with Crippen LogP contribution in [0.5, 0.6) is 5.75 Å². The zero-order valence-corrected chi connectivity index (χ0v) is 14.5. The molecule has 0 aliphatic heterocycles. The fourth-order valence-electron chi connectivity index (χ4n) is 2.18. The Hall–Kier alpha value is -1.69. The normalized spacial score (nSPS) is 12.0. The van der Waals surface area contributed by atoms with Crippen LogP contribution in [0.3, 0.4) is 0 Å². The summed E-state index contributed by atoms with van der Waals surface area (Å²) in [5, 5.41) is 0. The Morgan fingerprint density at radius 3 is 2.12 bits per heavy atom. The summed E-state index contributed by atoms with van der Waals surface area (Å²) in [7, 11) is -4.64. The maximum atomic E-state index is 8.88. The van der Waals surface area contributed by atoms with Crippen molar-refractivity contribution in [3.05, 3.63) is 65.7 Å². The molecular weight excluding hydrogens is 329 g/mol. The summed E-state index contributed by atoms with van der Waals surface area (Å²) in [6.07, 6.45) is 1.82. The van der Waals surface area contributed by atoms with Crippen LogP contribution in [0.25, 0.3) is 0 Å². The molecule has 0 aliphatic carbocycles. The van der Waals surface area contributed by atoms with E-state index < -0.39 is 7.82 Å². The molecule has 24 heavy (non-hydrogen) atoms. The number of hydrogen-bond acceptors (Lipinski definition) is 3. The minimum Gasteiger partial charge on any atom is -0.485 e. The van der Waals surface area contributed by atoms with Gasteiger partial charge in [0, 0.05) is 6.42 Å². The van der Waals surface area contributed by atoms with E-state index in [1.165, 1.54) is 11.1 Å². The van der Waals surface area contributed by atoms with Crippen LogP contribution in [0.1, 0.15) is 30.6 Å². The summed E-state index contributed by atoms with van der Waals surface area (Å²) in [5.74, 6) is 0.965. The molecule has 2 rings (SSSR count). The van der Waals surface area contributed by atoms with Crippen molar-refractivity contribution >= 4 is 7.82 Å². The molecule has 0 saturated carbocycles. The third-order valence-corrected chi connectivity index (χ3v) is 3.22. The van der Waals surface area contributed by atoms with Crippen molar-refractivity contribution in [1.29, 1.82) is 0 Å². The van der Waals surface area contributed by atoms with Crippen LogP contribution in [0, 0.1) is 0 Å². The van der Waals surface area contributed by atoms with Crippen LogP contribution in [-0.2, 0) is 11.0 Å². The average Bonchev–Trinajstić information content (AvgIpc) is 2.54. The van der Waals surface area contributed by atoms with E-state index in [1.807, 2.05) is 36.4 Å². The lowest BCUT2D eigenvalue weighted by Gasteiger charge is -2.20. The van der Waals surface area contributed by atoms with Gasteiger partial charge in [-0.25, -0.2) is 4.57 Å². The van der Waals surface area contributed by atoms with Crippen molar-refractivity contribution < 1.29 is 24.0 Å². The highest BCUT2D eigenvalue weighted by Gasteiger charge is 2.13. The molecule has 0 heterocycles. The molecule has 6 nitrogen and oxygen atoms in total. The largest absolute Gasteiger partial charge is 0.485 e. The molecular formula is C17H24NO5P. The van der Waals surface area contributed by atoms with E-state index in [9.17, 15) is 0 Å². The topological polar surface area (TPSA) is 113 Å². The number of hydrogen-bond donors (Lipinski definition) is 4. The molecule has 0 aliphatic rings. The molecule has 1 atom stereocenters. The average molecular weight is 353 g/mol. The van der Waals surface area contributed by atoms with Gasteiger partial charge in [0.2, 0.25) is 0 Å². The number of benzene rings is 2. The minimum atomic E-state index is -4.64. The van der Waals surface area contributed by atoms with E-state index in [-0.39, 0.29) is 6.10 Å². The van der Waals surface area contributed by atoms with E-state index in [0.29, 0.717) is 6.54 Å². The second-order valence-corrected chi connectivity index (χ2v) is 6.10. The first kappa shape index (κ1) is 20.4. The van der Waals surface area contributed by atoms with E-state index in [4.69, 9.17) is 29.7 Å². The van der Waals surface area contributed by atoms with Gasteiger partial charge < -0.3 is 25.2 Å². The van der Waals surface area contributed by atoms with Crippen molar-refractivity contribution in [2.75, 3.05) is 6.54 Å². The quantitative estimate of drug-likeness (QED) is 0.594. The summed E-state index contributed by atoms with van der Waals surface area (Å²) in [6, 6.07) is 18.5. The highest BCUT2D eigenvalue weighted by Crippen LogP contribution is 2.27. The molecule has 0 bridgehead atoms. The van der Waals surface area contributed by atoms with Gasteiger partial charge in [-0.1, -0.05) is 55.5 Å². The third-order valence-electron chi connectivity index (χ3n) is 3.22. The summed E-state index contributed by atoms with van der Waals surface area (Å²) in [5.41, 5.74) is 8.13. The highest BCUT2D eigenvalue weighted by atomic mass is 31.2. The predicted octanol–water partition coefficient (Wildman–Crippen LogP) is 2.79. The Morgan fingerprint density at radius 1 is 1.04 bits per heavy atom. The van der Waals surface area contributed by atoms with Crippen molar-refractivity contribution in [2.24, 2.45) is 5.73 Å². The summed E-state index contributed by atoms with van der Waals surface area (Å²) in [6.45, 7) is 2.76. The predicted molar refractivity (Wildman–Crippen MR) is 93.6 cm³/mol. The lowest BCUT2D eigenvalue weighted by molar-refractivity contribution is 0.196. The second kappa shape index (κ2) is 10.2. The Balaban J connectivity index is 0.000000505. The fourth-order valence-corrected chi connectivity index (χ4v) is 2.18. The minimum absolute atomic E-state index is 0.0268. The summed E-state index contributed by atoms with van der Waals surface area (Å²) < 4.78 is 15.1. The Bertz CT molecular complexity index is 636. The van der Waals surface area contributed by atoms with E-state index >= 15 is 0 Å². The molecule has 0 radical (unpaired) electrons. The van der Waals surface area contributed by atoms with Crippen LogP contribution in [0.15, 0.2) is 54.6 Å². The number of ether oxygens (including phenoxy) is 1. The van der Waals surface area contributed by atoms with Crippen LogP contribution in [0.4, 0.5) is 0 Å². The first-order valence-electron chi connectivity index (χ1n) is 7.63. The molecule has 0 spiro atoms. The first-order valence-corrected chi connectivity index (χ1v) is 9.19. The van der Waals surface area contributed by atoms with Gasteiger partial charge in [0.25, 0.3) is 0 Å². The number of rotatable bonds is 6. The van der Waals surface area contributed by atoms with Gasteiger partial charge in [0.05, 0.1) is 0 Å². The van der Waals surface area contributed by atoms with E-state index in [2.05, 4.69) is 25.1 Å². The first-order chi connectivity index (χ1) is 11.3. The number of aryl methyl sites for hydroxylation is 1. The smallest absolute Gasteiger partial charge is 0.466 e. The highest BCUT2D eigenvalue weighted by molar-refractivity contribution is 7.45. The molecule has 7 heteroatoms. The maximum Gasteiger partial charge on any atom is 0.466 e. The lowest BCUT2D eigenvalue weighted by Crippen LogP contribution is -2.13. The number of phosphoric acid groups is 1. The van der Waals surface area contributed by atoms with E-state index in [1.54, 1.807) is 0 Å². The summed E-state index contributed by atoms with van der Waals surface area (Å²) in [4.78, 5) is 21.6. The molecule has 1 unspecified atom stereocenters. The Morgan fingerprint density at radius 2 is 1.58 bits per heavy atom. The van der Waals surface area contributed by atoms with Crippen LogP contribution in [-0.4, -0.2) is 21.2 Å². The molecule has 0 saturated heterocycles. The van der Waals surface area contributed by atoms with Crippen LogP contribution < -0.4 is 10.5 Å². The van der Waals surface area contributed by atoms with Crippen molar-refractivity contribution in [3.8, 4) is 5.75 Å². The Labute approximate surface area is 142 Å². The van der Waals surface area contributed by atoms with Gasteiger partial charge in [-0.3, -0.25) is 0 Å². The molecule has 0 amide bonds. The molecule has 2 aromatic carbocycles. The number of para-hydroxylation sites is 1. The van der Waals surface area contributed by atoms with Gasteiger partial charge >= 0.3 is 7.82 Å². The monoisotopic (exact) mass is 353 g/mol. The van der Waals surface area contributed by atoms with Gasteiger partial charge in [-0.2, -0.15) is 0 Å². The molecule has 132 valence electrons.